The minimum Gasteiger partial charge on any atom is -0.496 e. The van der Waals surface area contributed by atoms with Gasteiger partial charge in [0.1, 0.15) is 5.75 Å². The van der Waals surface area contributed by atoms with Crippen molar-refractivity contribution in [2.75, 3.05) is 20.7 Å². The van der Waals surface area contributed by atoms with E-state index >= 15 is 0 Å². The zero-order chi connectivity index (χ0) is 16.3. The van der Waals surface area contributed by atoms with Gasteiger partial charge in [-0.3, -0.25) is 9.59 Å². The Morgan fingerprint density at radius 1 is 1.36 bits per heavy atom. The molecule has 0 aromatic heterocycles. The number of carbonyl (C=O) groups is 2. The topological polar surface area (TPSA) is 58.6 Å². The molecule has 1 saturated carbocycles. The summed E-state index contributed by atoms with van der Waals surface area (Å²) >= 11 is 0. The van der Waals surface area contributed by atoms with E-state index in [-0.39, 0.29) is 29.8 Å². The largest absolute Gasteiger partial charge is 0.496 e. The number of benzene rings is 1. The van der Waals surface area contributed by atoms with Crippen molar-refractivity contribution in [3.05, 3.63) is 29.8 Å². The van der Waals surface area contributed by atoms with E-state index in [1.165, 1.54) is 7.11 Å². The van der Waals surface area contributed by atoms with Crippen LogP contribution in [-0.4, -0.2) is 43.5 Å². The van der Waals surface area contributed by atoms with E-state index in [9.17, 15) is 9.59 Å². The minimum atomic E-state index is -0.301. The Morgan fingerprint density at radius 2 is 2.00 bits per heavy atom. The van der Waals surface area contributed by atoms with Crippen LogP contribution in [0.25, 0.3) is 0 Å². The number of amides is 2. The van der Waals surface area contributed by atoms with E-state index in [4.69, 9.17) is 4.74 Å². The maximum Gasteiger partial charge on any atom is 0.255 e. The molecule has 120 valence electrons. The van der Waals surface area contributed by atoms with Crippen molar-refractivity contribution in [3.8, 4) is 5.75 Å². The predicted molar refractivity (Wildman–Crippen MR) is 84.9 cm³/mol. The predicted octanol–water partition coefficient (Wildman–Crippen LogP) is 2.07. The van der Waals surface area contributed by atoms with Gasteiger partial charge in [-0.05, 0) is 37.3 Å². The maximum absolute atomic E-state index is 12.2. The molecule has 22 heavy (non-hydrogen) atoms. The molecule has 1 N–H and O–H groups in total. The summed E-state index contributed by atoms with van der Waals surface area (Å²) in [5.41, 5.74) is 0.666. The second-order valence-corrected chi connectivity index (χ2v) is 6.22. The Balaban J connectivity index is 1.92. The lowest BCUT2D eigenvalue weighted by molar-refractivity contribution is -0.131. The molecule has 1 aromatic rings. The number of nitrogens with one attached hydrogen (secondary N) is 1. The molecule has 0 saturated heterocycles. The van der Waals surface area contributed by atoms with Crippen molar-refractivity contribution >= 4 is 11.8 Å². The van der Waals surface area contributed by atoms with E-state index < -0.39 is 0 Å². The van der Waals surface area contributed by atoms with Gasteiger partial charge < -0.3 is 15.0 Å². The summed E-state index contributed by atoms with van der Waals surface area (Å²) in [6, 6.07) is 7.14. The highest BCUT2D eigenvalue weighted by atomic mass is 16.5. The fourth-order valence-electron chi connectivity index (χ4n) is 2.51. The monoisotopic (exact) mass is 304 g/mol. The Morgan fingerprint density at radius 3 is 2.59 bits per heavy atom. The van der Waals surface area contributed by atoms with E-state index in [1.54, 1.807) is 36.2 Å². The third kappa shape index (κ3) is 3.40. The van der Waals surface area contributed by atoms with Crippen LogP contribution in [0.1, 0.15) is 37.0 Å². The third-order valence-corrected chi connectivity index (χ3v) is 4.77. The van der Waals surface area contributed by atoms with Crippen molar-refractivity contribution < 1.29 is 14.3 Å². The molecule has 2 rings (SSSR count). The third-order valence-electron chi connectivity index (χ3n) is 4.77. The summed E-state index contributed by atoms with van der Waals surface area (Å²) in [7, 11) is 3.31. The molecular formula is C17H24N2O3. The van der Waals surface area contributed by atoms with Gasteiger partial charge in [-0.1, -0.05) is 19.1 Å². The van der Waals surface area contributed by atoms with E-state index in [0.717, 1.165) is 12.8 Å². The van der Waals surface area contributed by atoms with Gasteiger partial charge in [-0.15, -0.1) is 0 Å². The van der Waals surface area contributed by atoms with E-state index in [1.807, 2.05) is 0 Å². The summed E-state index contributed by atoms with van der Waals surface area (Å²) < 4.78 is 5.16. The number of likely N-dealkylation sites (N-methyl/N-ethyl adjacent to an activating group) is 1. The van der Waals surface area contributed by atoms with Gasteiger partial charge in [0.2, 0.25) is 5.91 Å². The molecule has 0 heterocycles. The first-order chi connectivity index (χ1) is 10.4. The van der Waals surface area contributed by atoms with Gasteiger partial charge in [0.05, 0.1) is 19.2 Å². The molecule has 0 radical (unpaired) electrons. The lowest BCUT2D eigenvalue weighted by Crippen LogP contribution is -2.45. The van der Waals surface area contributed by atoms with Crippen LogP contribution in [0, 0.1) is 5.41 Å². The van der Waals surface area contributed by atoms with Gasteiger partial charge in [0, 0.05) is 13.1 Å². The zero-order valence-corrected chi connectivity index (χ0v) is 13.7. The van der Waals surface area contributed by atoms with Crippen LogP contribution in [0.15, 0.2) is 24.3 Å². The lowest BCUT2D eigenvalue weighted by Gasteiger charge is -2.30. The summed E-state index contributed by atoms with van der Waals surface area (Å²) in [5.74, 6) is 0.119. The van der Waals surface area contributed by atoms with Crippen molar-refractivity contribution in [3.63, 3.8) is 0 Å². The highest BCUT2D eigenvalue weighted by Gasteiger charge is 2.45. The van der Waals surface area contributed by atoms with Crippen molar-refractivity contribution in [2.24, 2.45) is 5.41 Å². The summed E-state index contributed by atoms with van der Waals surface area (Å²) in [4.78, 5) is 26.1. The van der Waals surface area contributed by atoms with Crippen molar-refractivity contribution in [1.82, 2.24) is 10.2 Å². The van der Waals surface area contributed by atoms with Gasteiger partial charge >= 0.3 is 0 Å². The average molecular weight is 304 g/mol. The molecular weight excluding hydrogens is 280 g/mol. The Hall–Kier alpha value is -2.04. The maximum atomic E-state index is 12.2. The summed E-state index contributed by atoms with van der Waals surface area (Å²) in [6.45, 7) is 4.25. The molecule has 0 aliphatic heterocycles. The minimum absolute atomic E-state index is 0.00615. The number of rotatable bonds is 6. The number of ether oxygens (including phenoxy) is 1. The number of methoxy groups -OCH3 is 1. The molecule has 0 unspecified atom stereocenters. The number of carbonyl (C=O) groups excluding carboxylic acids is 2. The summed E-state index contributed by atoms with van der Waals surface area (Å²) in [5, 5.41) is 2.67. The second-order valence-electron chi connectivity index (χ2n) is 6.22. The van der Waals surface area contributed by atoms with E-state index in [0.29, 0.717) is 11.3 Å². The van der Waals surface area contributed by atoms with E-state index in [2.05, 4.69) is 19.2 Å². The Bertz CT molecular complexity index is 567. The quantitative estimate of drug-likeness (QED) is 0.875. The average Bonchev–Trinajstić information content (AvgIpc) is 3.29. The van der Waals surface area contributed by atoms with Crippen LogP contribution in [0.3, 0.4) is 0 Å². The Labute approximate surface area is 131 Å². The smallest absolute Gasteiger partial charge is 0.255 e. The number of para-hydroxylation sites is 1. The highest BCUT2D eigenvalue weighted by molar-refractivity contribution is 5.98. The summed E-state index contributed by atoms with van der Waals surface area (Å²) in [6.07, 6.45) is 2.30. The highest BCUT2D eigenvalue weighted by Crippen LogP contribution is 2.49. The van der Waals surface area contributed by atoms with Gasteiger partial charge in [0.25, 0.3) is 5.91 Å². The first-order valence-electron chi connectivity index (χ1n) is 7.56. The lowest BCUT2D eigenvalue weighted by atomic mass is 9.99. The number of hydrogen-bond acceptors (Lipinski definition) is 3. The van der Waals surface area contributed by atoms with Crippen LogP contribution in [-0.2, 0) is 4.79 Å². The molecule has 1 atom stereocenters. The van der Waals surface area contributed by atoms with Crippen molar-refractivity contribution in [2.45, 2.75) is 32.7 Å². The SMILES string of the molecule is COc1ccccc1C(=O)NCC(=O)N(C)[C@H](C)C1(C)CC1. The molecule has 1 fully saturated rings. The number of nitrogens with zero attached hydrogens (tertiary/aromatic N) is 1. The number of hydrogen-bond donors (Lipinski definition) is 1. The molecule has 5 heteroatoms. The first-order valence-corrected chi connectivity index (χ1v) is 7.56. The fourth-order valence-corrected chi connectivity index (χ4v) is 2.51. The molecule has 0 bridgehead atoms. The molecule has 0 spiro atoms. The zero-order valence-electron chi connectivity index (χ0n) is 13.7. The van der Waals surface area contributed by atoms with Gasteiger partial charge in [-0.25, -0.2) is 0 Å². The second kappa shape index (κ2) is 6.38. The van der Waals surface area contributed by atoms with Crippen LogP contribution in [0.4, 0.5) is 0 Å². The first kappa shape index (κ1) is 16.3. The fraction of sp³-hybridized carbons (Fsp3) is 0.529. The van der Waals surface area contributed by atoms with Crippen LogP contribution in [0.5, 0.6) is 5.75 Å². The molecule has 1 aliphatic rings. The Kier molecular flexibility index (Phi) is 4.74. The van der Waals surface area contributed by atoms with Crippen LogP contribution >= 0.6 is 0 Å². The molecule has 1 aromatic carbocycles. The van der Waals surface area contributed by atoms with Crippen LogP contribution < -0.4 is 10.1 Å². The van der Waals surface area contributed by atoms with Crippen molar-refractivity contribution in [1.29, 1.82) is 0 Å². The van der Waals surface area contributed by atoms with Gasteiger partial charge in [-0.2, -0.15) is 0 Å². The molecule has 5 nitrogen and oxygen atoms in total. The van der Waals surface area contributed by atoms with Crippen LogP contribution in [0.2, 0.25) is 0 Å². The standard InChI is InChI=1S/C17H24N2O3/c1-12(17(2)9-10-17)19(3)15(20)11-18-16(21)13-7-5-6-8-14(13)22-4/h5-8,12H,9-11H2,1-4H3,(H,18,21)/t12-/m1/s1. The van der Waals surface area contributed by atoms with Gasteiger partial charge in [0.15, 0.2) is 0 Å². The normalized spacial score (nSPS) is 16.5. The molecule has 2 amide bonds. The molecule has 1 aliphatic carbocycles.